The Morgan fingerprint density at radius 2 is 2.06 bits per heavy atom. The van der Waals surface area contributed by atoms with Gasteiger partial charge in [-0.1, -0.05) is 37.3 Å². The van der Waals surface area contributed by atoms with Gasteiger partial charge in [-0.3, -0.25) is 14.4 Å². The molecular formula is C25H34N2O6. The fourth-order valence-electron chi connectivity index (χ4n) is 4.75. The highest BCUT2D eigenvalue weighted by Crippen LogP contribution is 2.45. The number of methoxy groups -OCH3 is 1. The molecule has 3 rings (SSSR count). The summed E-state index contributed by atoms with van der Waals surface area (Å²) in [6.45, 7) is 2.77. The van der Waals surface area contributed by atoms with Crippen molar-refractivity contribution in [1.82, 2.24) is 4.90 Å². The van der Waals surface area contributed by atoms with Crippen LogP contribution in [0.2, 0.25) is 0 Å². The predicted molar refractivity (Wildman–Crippen MR) is 123 cm³/mol. The van der Waals surface area contributed by atoms with E-state index in [2.05, 4.69) is 4.74 Å². The van der Waals surface area contributed by atoms with E-state index in [9.17, 15) is 24.6 Å². The van der Waals surface area contributed by atoms with Gasteiger partial charge in [-0.2, -0.15) is 0 Å². The summed E-state index contributed by atoms with van der Waals surface area (Å²) in [5, 5.41) is 21.0. The average Bonchev–Trinajstić information content (AvgIpc) is 3.39. The van der Waals surface area contributed by atoms with Crippen molar-refractivity contribution in [2.75, 3.05) is 31.7 Å². The quantitative estimate of drug-likeness (QED) is 0.316. The molecule has 1 fully saturated rings. The molecule has 33 heavy (non-hydrogen) atoms. The van der Waals surface area contributed by atoms with Gasteiger partial charge in [0.1, 0.15) is 0 Å². The maximum absolute atomic E-state index is 13.3. The van der Waals surface area contributed by atoms with E-state index in [-0.39, 0.29) is 37.4 Å². The van der Waals surface area contributed by atoms with Gasteiger partial charge < -0.3 is 24.7 Å². The number of benzene rings is 1. The first-order valence-electron chi connectivity index (χ1n) is 11.6. The molecule has 0 saturated carbocycles. The summed E-state index contributed by atoms with van der Waals surface area (Å²) in [5.74, 6) is -1.30. The maximum atomic E-state index is 13.3. The van der Waals surface area contributed by atoms with Crippen molar-refractivity contribution in [1.29, 1.82) is 0 Å². The van der Waals surface area contributed by atoms with Crippen LogP contribution in [-0.2, 0) is 24.7 Å². The molecule has 3 atom stereocenters. The zero-order valence-electron chi connectivity index (χ0n) is 19.4. The summed E-state index contributed by atoms with van der Waals surface area (Å²) in [4.78, 5) is 40.5. The van der Waals surface area contributed by atoms with Gasteiger partial charge in [0, 0.05) is 37.4 Å². The number of para-hydroxylation sites is 1. The lowest BCUT2D eigenvalue weighted by atomic mass is 9.83. The predicted octanol–water partition coefficient (Wildman–Crippen LogP) is 2.13. The number of carbonyl (C=O) groups excluding carboxylic acids is 3. The van der Waals surface area contributed by atoms with E-state index in [1.807, 2.05) is 12.1 Å². The highest BCUT2D eigenvalue weighted by Gasteiger charge is 2.52. The van der Waals surface area contributed by atoms with E-state index >= 15 is 0 Å². The van der Waals surface area contributed by atoms with Gasteiger partial charge in [0.15, 0.2) is 5.60 Å². The first-order valence-corrected chi connectivity index (χ1v) is 11.6. The number of hydrogen-bond donors (Lipinski definition) is 2. The van der Waals surface area contributed by atoms with Crippen LogP contribution >= 0.6 is 0 Å². The molecule has 0 spiro atoms. The summed E-state index contributed by atoms with van der Waals surface area (Å²) < 4.78 is 4.66. The minimum atomic E-state index is -1.72. The number of nitrogens with zero attached hydrogens (tertiary/aromatic N) is 2. The lowest BCUT2D eigenvalue weighted by Crippen LogP contribution is -2.44. The highest BCUT2D eigenvalue weighted by atomic mass is 16.5. The van der Waals surface area contributed by atoms with Crippen LogP contribution in [0.15, 0.2) is 36.4 Å². The van der Waals surface area contributed by atoms with Gasteiger partial charge in [-0.15, -0.1) is 0 Å². The zero-order chi connectivity index (χ0) is 24.0. The molecule has 1 aromatic carbocycles. The number of aliphatic hydroxyl groups excluding tert-OH is 1. The molecule has 2 amide bonds. The van der Waals surface area contributed by atoms with Gasteiger partial charge in [-0.25, -0.2) is 0 Å². The molecule has 0 radical (unpaired) electrons. The summed E-state index contributed by atoms with van der Waals surface area (Å²) >= 11 is 0. The third-order valence-electron chi connectivity index (χ3n) is 6.70. The Morgan fingerprint density at radius 3 is 2.79 bits per heavy atom. The maximum Gasteiger partial charge on any atom is 0.305 e. The molecule has 1 aromatic rings. The second-order valence-electron chi connectivity index (χ2n) is 8.76. The fourth-order valence-corrected chi connectivity index (χ4v) is 4.75. The second kappa shape index (κ2) is 10.9. The lowest BCUT2D eigenvalue weighted by molar-refractivity contribution is -0.140. The number of anilines is 1. The molecule has 180 valence electrons. The van der Waals surface area contributed by atoms with E-state index in [4.69, 9.17) is 0 Å². The Balaban J connectivity index is 1.68. The monoisotopic (exact) mass is 458 g/mol. The number of rotatable bonds is 10. The third kappa shape index (κ3) is 5.12. The van der Waals surface area contributed by atoms with Crippen LogP contribution in [0, 0.1) is 5.92 Å². The number of carbonyl (C=O) groups is 3. The summed E-state index contributed by atoms with van der Waals surface area (Å²) in [5.41, 5.74) is -0.506. The van der Waals surface area contributed by atoms with Gasteiger partial charge in [0.05, 0.1) is 25.4 Å². The first kappa shape index (κ1) is 24.9. The van der Waals surface area contributed by atoms with Crippen molar-refractivity contribution < 1.29 is 29.3 Å². The van der Waals surface area contributed by atoms with Crippen molar-refractivity contribution >= 4 is 23.5 Å². The van der Waals surface area contributed by atoms with E-state index in [0.717, 1.165) is 12.8 Å². The van der Waals surface area contributed by atoms with Crippen LogP contribution in [0.1, 0.15) is 51.0 Å². The van der Waals surface area contributed by atoms with Crippen LogP contribution < -0.4 is 4.90 Å². The van der Waals surface area contributed by atoms with Crippen molar-refractivity contribution in [3.63, 3.8) is 0 Å². The number of aliphatic hydroxyl groups is 2. The third-order valence-corrected chi connectivity index (χ3v) is 6.70. The van der Waals surface area contributed by atoms with Crippen LogP contribution in [0.3, 0.4) is 0 Å². The minimum absolute atomic E-state index is 0.0354. The Hall–Kier alpha value is -2.71. The number of unbranched alkanes of at least 4 members (excludes halogenated alkanes) is 1. The zero-order valence-corrected chi connectivity index (χ0v) is 19.4. The molecule has 2 heterocycles. The first-order chi connectivity index (χ1) is 15.8. The smallest absolute Gasteiger partial charge is 0.305 e. The van der Waals surface area contributed by atoms with E-state index in [1.165, 1.54) is 7.11 Å². The number of hydrogen-bond acceptors (Lipinski definition) is 6. The topological polar surface area (TPSA) is 107 Å². The van der Waals surface area contributed by atoms with Crippen molar-refractivity contribution in [2.45, 2.75) is 57.1 Å². The summed E-state index contributed by atoms with van der Waals surface area (Å²) in [6, 6.07) is 7.07. The minimum Gasteiger partial charge on any atom is -0.469 e. The number of fused-ring (bicyclic) bond motifs is 1. The average molecular weight is 459 g/mol. The molecule has 0 aliphatic carbocycles. The van der Waals surface area contributed by atoms with Gasteiger partial charge in [0.25, 0.3) is 5.91 Å². The van der Waals surface area contributed by atoms with Crippen LogP contribution in [-0.4, -0.2) is 65.7 Å². The standard InChI is InChI=1S/C25H34N2O6/c1-18(9-7-13-22(29)26-16-8-10-19(26)17-28)25(32)20-11-3-4-12-21(20)27(24(25)31)15-6-5-14-23(30)33-2/h3-4,7,9,11-12,18-19,28,32H,5-6,8,10,13-17H2,1-2H3/b9-7+/t18-,19-,25+/m0/s1. The Morgan fingerprint density at radius 1 is 1.30 bits per heavy atom. The number of likely N-dealkylation sites (tertiary alicyclic amines) is 1. The molecular weight excluding hydrogens is 424 g/mol. The Kier molecular flexibility index (Phi) is 8.26. The van der Waals surface area contributed by atoms with E-state index in [0.29, 0.717) is 37.2 Å². The van der Waals surface area contributed by atoms with Crippen LogP contribution in [0.4, 0.5) is 5.69 Å². The molecule has 1 saturated heterocycles. The second-order valence-corrected chi connectivity index (χ2v) is 8.76. The van der Waals surface area contributed by atoms with Crippen molar-refractivity contribution in [2.24, 2.45) is 5.92 Å². The molecule has 2 aliphatic rings. The molecule has 0 bridgehead atoms. The SMILES string of the molecule is COC(=O)CCCCN1C(=O)[C@@](O)([C@@H](C)/C=C/CC(=O)N2CCC[C@H]2CO)c2ccccc21. The normalized spacial score (nSPS) is 23.3. The molecule has 2 aliphatic heterocycles. The van der Waals surface area contributed by atoms with Crippen LogP contribution in [0.5, 0.6) is 0 Å². The molecule has 8 nitrogen and oxygen atoms in total. The molecule has 0 aromatic heterocycles. The van der Waals surface area contributed by atoms with Crippen molar-refractivity contribution in [3.8, 4) is 0 Å². The number of amides is 2. The van der Waals surface area contributed by atoms with E-state index in [1.54, 1.807) is 41.0 Å². The fraction of sp³-hybridized carbons (Fsp3) is 0.560. The summed E-state index contributed by atoms with van der Waals surface area (Å²) in [7, 11) is 1.35. The van der Waals surface area contributed by atoms with E-state index < -0.39 is 17.4 Å². The highest BCUT2D eigenvalue weighted by molar-refractivity contribution is 6.07. The number of esters is 1. The molecule has 0 unspecified atom stereocenters. The number of ether oxygens (including phenoxy) is 1. The molecule has 2 N–H and O–H groups in total. The van der Waals surface area contributed by atoms with Crippen molar-refractivity contribution in [3.05, 3.63) is 42.0 Å². The van der Waals surface area contributed by atoms with Gasteiger partial charge in [-0.05, 0) is 31.7 Å². The van der Waals surface area contributed by atoms with Gasteiger partial charge >= 0.3 is 5.97 Å². The Bertz CT molecular complexity index is 901. The lowest BCUT2D eigenvalue weighted by Gasteiger charge is -2.28. The largest absolute Gasteiger partial charge is 0.469 e. The summed E-state index contributed by atoms with van der Waals surface area (Å²) in [6.07, 6.45) is 6.74. The molecule has 8 heteroatoms. The van der Waals surface area contributed by atoms with Crippen LogP contribution in [0.25, 0.3) is 0 Å². The van der Waals surface area contributed by atoms with Gasteiger partial charge in [0.2, 0.25) is 5.91 Å². The Labute approximate surface area is 194 Å².